The minimum atomic E-state index is -4.60. The lowest BCUT2D eigenvalue weighted by atomic mass is 10.1. The van der Waals surface area contributed by atoms with E-state index in [4.69, 9.17) is 0 Å². The average Bonchev–Trinajstić information content (AvgIpc) is 2.67. The van der Waals surface area contributed by atoms with Crippen LogP contribution in [0, 0.1) is 11.6 Å². The molecule has 3 rings (SSSR count). The molecule has 0 aromatic heterocycles. The predicted octanol–water partition coefficient (Wildman–Crippen LogP) is 3.79. The zero-order valence-electron chi connectivity index (χ0n) is 16.1. The van der Waals surface area contributed by atoms with Crippen molar-refractivity contribution in [3.8, 4) is 0 Å². The summed E-state index contributed by atoms with van der Waals surface area (Å²) in [5.74, 6) is -2.66. The molecule has 1 heterocycles. The zero-order valence-corrected chi connectivity index (χ0v) is 16.1. The van der Waals surface area contributed by atoms with Gasteiger partial charge in [-0.25, -0.2) is 8.78 Å². The number of alkyl halides is 3. The monoisotopic (exact) mass is 427 g/mol. The molecule has 1 N–H and O–H groups in total. The number of benzene rings is 2. The second-order valence-corrected chi connectivity index (χ2v) is 7.03. The van der Waals surface area contributed by atoms with E-state index in [1.807, 2.05) is 0 Å². The number of nitrogens with zero attached hydrogens (tertiary/aromatic N) is 2. The van der Waals surface area contributed by atoms with Gasteiger partial charge in [0.2, 0.25) is 11.8 Å². The minimum Gasteiger partial charge on any atom is -0.323 e. The molecule has 2 amide bonds. The fraction of sp³-hybridized carbons (Fsp3) is 0.300. The number of amides is 2. The van der Waals surface area contributed by atoms with E-state index in [0.29, 0.717) is 0 Å². The lowest BCUT2D eigenvalue weighted by molar-refractivity contribution is -0.137. The van der Waals surface area contributed by atoms with Gasteiger partial charge in [0.25, 0.3) is 0 Å². The van der Waals surface area contributed by atoms with Crippen LogP contribution in [0.2, 0.25) is 0 Å². The molecular formula is C20H18F5N3O2. The highest BCUT2D eigenvalue weighted by Gasteiger charge is 2.35. The molecule has 10 heteroatoms. The third-order valence-electron chi connectivity index (χ3n) is 4.91. The van der Waals surface area contributed by atoms with Crippen molar-refractivity contribution >= 4 is 23.2 Å². The second-order valence-electron chi connectivity index (χ2n) is 7.03. The average molecular weight is 427 g/mol. The molecule has 30 heavy (non-hydrogen) atoms. The molecule has 0 spiro atoms. The minimum absolute atomic E-state index is 0.0150. The van der Waals surface area contributed by atoms with Crippen molar-refractivity contribution in [2.75, 3.05) is 23.8 Å². The molecule has 160 valence electrons. The number of carbonyl (C=O) groups excluding carboxylic acids is 2. The van der Waals surface area contributed by atoms with Crippen molar-refractivity contribution < 1.29 is 31.5 Å². The quantitative estimate of drug-likeness (QED) is 0.756. The SMILES string of the molecule is C[C@H](C(=O)N1CC(=O)Nc2cc(C(F)(F)F)ccc21)N(C)Cc1ccc(F)cc1F. The Bertz CT molecular complexity index is 993. The number of hydrogen-bond donors (Lipinski definition) is 1. The normalized spacial score (nSPS) is 15.1. The third-order valence-corrected chi connectivity index (χ3v) is 4.91. The van der Waals surface area contributed by atoms with Gasteiger partial charge < -0.3 is 5.32 Å². The molecule has 2 aromatic carbocycles. The summed E-state index contributed by atoms with van der Waals surface area (Å²) < 4.78 is 65.8. The Morgan fingerprint density at radius 3 is 2.53 bits per heavy atom. The maximum absolute atomic E-state index is 13.9. The maximum atomic E-state index is 13.9. The molecule has 0 radical (unpaired) electrons. The van der Waals surface area contributed by atoms with Gasteiger partial charge in [-0.3, -0.25) is 19.4 Å². The van der Waals surface area contributed by atoms with E-state index < -0.39 is 41.2 Å². The summed E-state index contributed by atoms with van der Waals surface area (Å²) >= 11 is 0. The van der Waals surface area contributed by atoms with Crippen molar-refractivity contribution in [1.82, 2.24) is 4.90 Å². The molecule has 1 atom stereocenters. The van der Waals surface area contributed by atoms with Crippen LogP contribution in [0.4, 0.5) is 33.3 Å². The largest absolute Gasteiger partial charge is 0.416 e. The molecule has 0 aliphatic carbocycles. The van der Waals surface area contributed by atoms with Crippen LogP contribution in [0.25, 0.3) is 0 Å². The van der Waals surface area contributed by atoms with Gasteiger partial charge in [-0.15, -0.1) is 0 Å². The highest BCUT2D eigenvalue weighted by atomic mass is 19.4. The Morgan fingerprint density at radius 2 is 1.90 bits per heavy atom. The standard InChI is InChI=1S/C20H18F5N3O2/c1-11(27(2)9-12-3-5-14(21)8-15(12)22)19(30)28-10-18(29)26-16-7-13(20(23,24)25)4-6-17(16)28/h3-8,11H,9-10H2,1-2H3,(H,26,29)/t11-/m1/s1. The molecule has 1 aliphatic rings. The maximum Gasteiger partial charge on any atom is 0.416 e. The molecular weight excluding hydrogens is 409 g/mol. The van der Waals surface area contributed by atoms with Gasteiger partial charge >= 0.3 is 6.18 Å². The summed E-state index contributed by atoms with van der Waals surface area (Å²) in [5.41, 5.74) is -0.757. The fourth-order valence-electron chi connectivity index (χ4n) is 3.13. The molecule has 0 saturated heterocycles. The van der Waals surface area contributed by atoms with Crippen LogP contribution in [0.15, 0.2) is 36.4 Å². The number of carbonyl (C=O) groups is 2. The van der Waals surface area contributed by atoms with Crippen molar-refractivity contribution in [1.29, 1.82) is 0 Å². The Labute approximate surface area is 169 Å². The van der Waals surface area contributed by atoms with Crippen molar-refractivity contribution in [3.63, 3.8) is 0 Å². The fourth-order valence-corrected chi connectivity index (χ4v) is 3.13. The van der Waals surface area contributed by atoms with Crippen molar-refractivity contribution in [2.24, 2.45) is 0 Å². The summed E-state index contributed by atoms with van der Waals surface area (Å²) in [4.78, 5) is 27.6. The first-order valence-corrected chi connectivity index (χ1v) is 8.94. The number of nitrogens with one attached hydrogen (secondary N) is 1. The van der Waals surface area contributed by atoms with Crippen LogP contribution >= 0.6 is 0 Å². The van der Waals surface area contributed by atoms with Crippen LogP contribution in [0.5, 0.6) is 0 Å². The predicted molar refractivity (Wildman–Crippen MR) is 99.7 cm³/mol. The van der Waals surface area contributed by atoms with E-state index >= 15 is 0 Å². The first-order valence-electron chi connectivity index (χ1n) is 8.94. The van der Waals surface area contributed by atoms with Gasteiger partial charge in [0.05, 0.1) is 23.0 Å². The van der Waals surface area contributed by atoms with Gasteiger partial charge in [0, 0.05) is 18.2 Å². The molecule has 5 nitrogen and oxygen atoms in total. The topological polar surface area (TPSA) is 52.7 Å². The van der Waals surface area contributed by atoms with Gasteiger partial charge in [-0.1, -0.05) is 6.07 Å². The first-order chi connectivity index (χ1) is 14.0. The molecule has 0 fully saturated rings. The number of likely N-dealkylation sites (N-methyl/N-ethyl adjacent to an activating group) is 1. The number of fused-ring (bicyclic) bond motifs is 1. The second kappa shape index (κ2) is 8.02. The van der Waals surface area contributed by atoms with Gasteiger partial charge in [-0.2, -0.15) is 13.2 Å². The Balaban J connectivity index is 1.83. The van der Waals surface area contributed by atoms with Crippen LogP contribution in [0.1, 0.15) is 18.1 Å². The zero-order chi connectivity index (χ0) is 22.2. The van der Waals surface area contributed by atoms with E-state index in [-0.39, 0.29) is 30.0 Å². The van der Waals surface area contributed by atoms with Crippen LogP contribution in [-0.2, 0) is 22.3 Å². The molecule has 0 bridgehead atoms. The van der Waals surface area contributed by atoms with E-state index in [1.165, 1.54) is 17.9 Å². The Hall–Kier alpha value is -3.01. The molecule has 0 saturated carbocycles. The molecule has 2 aromatic rings. The van der Waals surface area contributed by atoms with Crippen LogP contribution in [-0.4, -0.2) is 36.3 Å². The van der Waals surface area contributed by atoms with E-state index in [9.17, 15) is 31.5 Å². The highest BCUT2D eigenvalue weighted by molar-refractivity contribution is 6.11. The van der Waals surface area contributed by atoms with Gasteiger partial charge in [0.15, 0.2) is 0 Å². The number of hydrogen-bond acceptors (Lipinski definition) is 3. The number of rotatable bonds is 4. The first kappa shape index (κ1) is 21.7. The van der Waals surface area contributed by atoms with E-state index in [2.05, 4.69) is 5.32 Å². The Morgan fingerprint density at radius 1 is 1.20 bits per heavy atom. The summed E-state index contributed by atoms with van der Waals surface area (Å²) in [5, 5.41) is 2.35. The third kappa shape index (κ3) is 4.43. The summed E-state index contributed by atoms with van der Waals surface area (Å²) in [6.07, 6.45) is -4.60. The van der Waals surface area contributed by atoms with E-state index in [0.717, 1.165) is 35.2 Å². The lowest BCUT2D eigenvalue weighted by Crippen LogP contribution is -2.50. The lowest BCUT2D eigenvalue weighted by Gasteiger charge is -2.34. The molecule has 0 unspecified atom stereocenters. The Kier molecular flexibility index (Phi) is 5.80. The highest BCUT2D eigenvalue weighted by Crippen LogP contribution is 2.37. The van der Waals surface area contributed by atoms with E-state index in [1.54, 1.807) is 7.05 Å². The summed E-state index contributed by atoms with van der Waals surface area (Å²) in [6.45, 7) is 1.15. The molecule has 1 aliphatic heterocycles. The number of halogens is 5. The summed E-state index contributed by atoms with van der Waals surface area (Å²) in [7, 11) is 1.54. The van der Waals surface area contributed by atoms with Crippen LogP contribution < -0.4 is 10.2 Å². The van der Waals surface area contributed by atoms with Crippen LogP contribution in [0.3, 0.4) is 0 Å². The number of anilines is 2. The van der Waals surface area contributed by atoms with Crippen molar-refractivity contribution in [3.05, 3.63) is 59.2 Å². The van der Waals surface area contributed by atoms with Crippen molar-refractivity contribution in [2.45, 2.75) is 25.7 Å². The van der Waals surface area contributed by atoms with Gasteiger partial charge in [-0.05, 0) is 38.2 Å². The summed E-state index contributed by atoms with van der Waals surface area (Å²) in [6, 6.07) is 4.99. The van der Waals surface area contributed by atoms with Gasteiger partial charge in [0.1, 0.15) is 18.2 Å². The smallest absolute Gasteiger partial charge is 0.323 e.